The average molecular weight is 349 g/mol. The molecule has 0 amide bonds. The first kappa shape index (κ1) is 15.7. The Hall–Kier alpha value is -2.54. The van der Waals surface area contributed by atoms with Gasteiger partial charge in [0.2, 0.25) is 0 Å². The van der Waals surface area contributed by atoms with E-state index in [2.05, 4.69) is 19.9 Å². The molecule has 134 valence electrons. The van der Waals surface area contributed by atoms with E-state index in [1.807, 2.05) is 36.9 Å². The normalized spacial score (nSPS) is 20.7. The first-order valence-electron chi connectivity index (χ1n) is 9.32. The predicted octanol–water partition coefficient (Wildman–Crippen LogP) is 2.02. The zero-order valence-corrected chi connectivity index (χ0v) is 15.3. The maximum atomic E-state index is 4.96. The van der Waals surface area contributed by atoms with Crippen molar-refractivity contribution in [3.8, 4) is 11.5 Å². The summed E-state index contributed by atoms with van der Waals surface area (Å²) < 4.78 is 1.86. The largest absolute Gasteiger partial charge is 0.353 e. The molecular weight excluding hydrogens is 326 g/mol. The van der Waals surface area contributed by atoms with Crippen molar-refractivity contribution >= 4 is 16.9 Å². The molecule has 7 heteroatoms. The van der Waals surface area contributed by atoms with Crippen molar-refractivity contribution in [3.05, 3.63) is 30.1 Å². The summed E-state index contributed by atoms with van der Waals surface area (Å²) in [5, 5.41) is 5.67. The third-order valence-electron chi connectivity index (χ3n) is 5.62. The number of rotatable bonds is 2. The fourth-order valence-electron chi connectivity index (χ4n) is 4.34. The van der Waals surface area contributed by atoms with E-state index in [1.54, 1.807) is 6.20 Å². The van der Waals surface area contributed by atoms with Gasteiger partial charge in [0, 0.05) is 38.9 Å². The Bertz CT molecular complexity index is 949. The van der Waals surface area contributed by atoms with Gasteiger partial charge in [-0.25, -0.2) is 9.97 Å². The number of pyridine rings is 1. The molecule has 0 saturated carbocycles. The summed E-state index contributed by atoms with van der Waals surface area (Å²) in [5.41, 5.74) is 2.66. The third kappa shape index (κ3) is 2.46. The van der Waals surface area contributed by atoms with Crippen LogP contribution in [0, 0.1) is 6.92 Å². The summed E-state index contributed by atoms with van der Waals surface area (Å²) in [6, 6.07) is 6.49. The highest BCUT2D eigenvalue weighted by Gasteiger charge is 2.32. The second kappa shape index (κ2) is 6.02. The molecule has 0 bridgehead atoms. The Balaban J connectivity index is 1.65. The molecule has 26 heavy (non-hydrogen) atoms. The van der Waals surface area contributed by atoms with Crippen molar-refractivity contribution in [1.82, 2.24) is 29.6 Å². The Kier molecular flexibility index (Phi) is 3.63. The molecule has 0 N–H and O–H groups in total. The molecule has 0 radical (unpaired) electrons. The van der Waals surface area contributed by atoms with Crippen molar-refractivity contribution in [2.24, 2.45) is 7.05 Å². The predicted molar refractivity (Wildman–Crippen MR) is 101 cm³/mol. The van der Waals surface area contributed by atoms with E-state index in [0.29, 0.717) is 11.9 Å². The molecule has 1 atom stereocenters. The second-order valence-corrected chi connectivity index (χ2v) is 7.27. The summed E-state index contributed by atoms with van der Waals surface area (Å²) in [4.78, 5) is 19.2. The fraction of sp³-hybridized carbons (Fsp3) is 0.474. The number of aryl methyl sites for hydroxylation is 2. The highest BCUT2D eigenvalue weighted by atomic mass is 15.3. The van der Waals surface area contributed by atoms with E-state index in [1.165, 1.54) is 19.4 Å². The van der Waals surface area contributed by atoms with E-state index < -0.39 is 0 Å². The van der Waals surface area contributed by atoms with Crippen molar-refractivity contribution in [2.75, 3.05) is 31.1 Å². The lowest BCUT2D eigenvalue weighted by molar-refractivity contribution is 0.230. The average Bonchev–Trinajstić information content (AvgIpc) is 3.25. The number of nitrogens with zero attached hydrogens (tertiary/aromatic N) is 7. The number of anilines is 1. The zero-order valence-electron chi connectivity index (χ0n) is 15.3. The van der Waals surface area contributed by atoms with Crippen LogP contribution in [0.15, 0.2) is 24.4 Å². The number of fused-ring (bicyclic) bond motifs is 2. The van der Waals surface area contributed by atoms with Gasteiger partial charge < -0.3 is 4.90 Å². The molecule has 2 fully saturated rings. The van der Waals surface area contributed by atoms with Crippen LogP contribution < -0.4 is 4.90 Å². The fourth-order valence-corrected chi connectivity index (χ4v) is 4.34. The van der Waals surface area contributed by atoms with Crippen LogP contribution in [0.2, 0.25) is 0 Å². The SMILES string of the molecule is Cc1nn(C)c2nc(-c3ccccn3)nc(N3CCN4CCC[C@@H]4C3)c12. The van der Waals surface area contributed by atoms with Gasteiger partial charge >= 0.3 is 0 Å². The van der Waals surface area contributed by atoms with Gasteiger partial charge in [0.1, 0.15) is 11.5 Å². The van der Waals surface area contributed by atoms with Gasteiger partial charge in [-0.1, -0.05) is 6.07 Å². The summed E-state index contributed by atoms with van der Waals surface area (Å²) in [5.74, 6) is 1.68. The highest BCUT2D eigenvalue weighted by Crippen LogP contribution is 2.32. The molecular formula is C19H23N7. The van der Waals surface area contributed by atoms with E-state index in [4.69, 9.17) is 9.97 Å². The van der Waals surface area contributed by atoms with Gasteiger partial charge in [-0.15, -0.1) is 0 Å². The van der Waals surface area contributed by atoms with Crippen LogP contribution in [-0.2, 0) is 7.05 Å². The molecule has 2 saturated heterocycles. The van der Waals surface area contributed by atoms with Crippen molar-refractivity contribution in [3.63, 3.8) is 0 Å². The Labute approximate surface area is 152 Å². The monoisotopic (exact) mass is 349 g/mol. The molecule has 2 aliphatic heterocycles. The minimum absolute atomic E-state index is 0.643. The molecule has 0 unspecified atom stereocenters. The zero-order chi connectivity index (χ0) is 17.7. The standard InChI is InChI=1S/C19H23N7/c1-13-16-18(24(2)23-13)21-17(15-7-3-4-8-20-15)22-19(16)26-11-10-25-9-5-6-14(25)12-26/h3-4,7-8,14H,5-6,9-12H2,1-2H3/t14-/m1/s1. The minimum Gasteiger partial charge on any atom is -0.353 e. The maximum Gasteiger partial charge on any atom is 0.182 e. The Morgan fingerprint density at radius 2 is 2.04 bits per heavy atom. The number of hydrogen-bond donors (Lipinski definition) is 0. The van der Waals surface area contributed by atoms with Crippen LogP contribution in [0.3, 0.4) is 0 Å². The Morgan fingerprint density at radius 1 is 1.12 bits per heavy atom. The molecule has 0 spiro atoms. The molecule has 3 aromatic heterocycles. The minimum atomic E-state index is 0.643. The van der Waals surface area contributed by atoms with Gasteiger partial charge in [0.05, 0.1) is 11.1 Å². The van der Waals surface area contributed by atoms with Crippen molar-refractivity contribution in [1.29, 1.82) is 0 Å². The van der Waals surface area contributed by atoms with Gasteiger partial charge in [0.15, 0.2) is 11.5 Å². The Morgan fingerprint density at radius 3 is 2.88 bits per heavy atom. The molecule has 5 heterocycles. The van der Waals surface area contributed by atoms with Gasteiger partial charge in [0.25, 0.3) is 0 Å². The third-order valence-corrected chi connectivity index (χ3v) is 5.62. The van der Waals surface area contributed by atoms with E-state index in [0.717, 1.165) is 47.9 Å². The molecule has 0 aromatic carbocycles. The number of aromatic nitrogens is 5. The van der Waals surface area contributed by atoms with Crippen molar-refractivity contribution < 1.29 is 0 Å². The summed E-state index contributed by atoms with van der Waals surface area (Å²) in [7, 11) is 1.95. The van der Waals surface area contributed by atoms with Crippen LogP contribution in [0.4, 0.5) is 5.82 Å². The first-order chi connectivity index (χ1) is 12.7. The number of piperazine rings is 1. The van der Waals surface area contributed by atoms with Gasteiger partial charge in [-0.05, 0) is 38.4 Å². The summed E-state index contributed by atoms with van der Waals surface area (Å²) in [6.45, 7) is 6.42. The lowest BCUT2D eigenvalue weighted by Crippen LogP contribution is -2.50. The summed E-state index contributed by atoms with van der Waals surface area (Å²) in [6.07, 6.45) is 4.38. The lowest BCUT2D eigenvalue weighted by atomic mass is 10.1. The van der Waals surface area contributed by atoms with Gasteiger partial charge in [-0.3, -0.25) is 14.6 Å². The molecule has 7 nitrogen and oxygen atoms in total. The van der Waals surface area contributed by atoms with Crippen LogP contribution in [0.25, 0.3) is 22.6 Å². The summed E-state index contributed by atoms with van der Waals surface area (Å²) >= 11 is 0. The topological polar surface area (TPSA) is 63.0 Å². The smallest absolute Gasteiger partial charge is 0.182 e. The van der Waals surface area contributed by atoms with Gasteiger partial charge in [-0.2, -0.15) is 5.10 Å². The van der Waals surface area contributed by atoms with E-state index in [9.17, 15) is 0 Å². The first-order valence-corrected chi connectivity index (χ1v) is 9.32. The maximum absolute atomic E-state index is 4.96. The van der Waals surface area contributed by atoms with E-state index >= 15 is 0 Å². The van der Waals surface area contributed by atoms with Crippen LogP contribution in [0.1, 0.15) is 18.5 Å². The highest BCUT2D eigenvalue weighted by molar-refractivity contribution is 5.91. The molecule has 3 aromatic rings. The van der Waals surface area contributed by atoms with E-state index in [-0.39, 0.29) is 0 Å². The van der Waals surface area contributed by atoms with Crippen LogP contribution in [-0.4, -0.2) is 61.9 Å². The van der Waals surface area contributed by atoms with Crippen molar-refractivity contribution in [2.45, 2.75) is 25.8 Å². The quantitative estimate of drug-likeness (QED) is 0.705. The molecule has 5 rings (SSSR count). The molecule has 0 aliphatic carbocycles. The number of hydrogen-bond acceptors (Lipinski definition) is 6. The lowest BCUT2D eigenvalue weighted by Gasteiger charge is -2.38. The van der Waals surface area contributed by atoms with Crippen LogP contribution in [0.5, 0.6) is 0 Å². The molecule has 2 aliphatic rings. The van der Waals surface area contributed by atoms with Crippen LogP contribution >= 0.6 is 0 Å². The second-order valence-electron chi connectivity index (χ2n) is 7.27.